The Bertz CT molecular complexity index is 952. The van der Waals surface area contributed by atoms with Gasteiger partial charge in [-0.3, -0.25) is 14.9 Å². The van der Waals surface area contributed by atoms with Crippen LogP contribution < -0.4 is 16.0 Å². The largest absolute Gasteiger partial charge is 0.322 e. The van der Waals surface area contributed by atoms with Crippen molar-refractivity contribution in [3.05, 3.63) is 59.5 Å². The fraction of sp³-hybridized carbons (Fsp3) is 0.211. The van der Waals surface area contributed by atoms with E-state index in [1.165, 1.54) is 6.92 Å². The van der Waals surface area contributed by atoms with Crippen molar-refractivity contribution in [2.75, 3.05) is 5.32 Å². The molecule has 2 unspecified atom stereocenters. The number of rotatable bonds is 4. The Kier molecular flexibility index (Phi) is 4.74. The predicted octanol–water partition coefficient (Wildman–Crippen LogP) is 2.88. The van der Waals surface area contributed by atoms with Crippen LogP contribution in [0.1, 0.15) is 31.2 Å². The molecule has 3 heterocycles. The lowest BCUT2D eigenvalue weighted by molar-refractivity contribution is -0.125. The van der Waals surface area contributed by atoms with Crippen LogP contribution in [0, 0.1) is 0 Å². The zero-order chi connectivity index (χ0) is 18.8. The number of carbonyl (C=O) groups excluding carboxylic acids is 2. The standard InChI is InChI=1S/C19H19N5O2S/c1-12(25)20-17-10-15(16-8-5-9-27-16)23-24(17)19-21-14(11-18(26)22-19)13-6-3-2-4-7-13/h2-10,14,19,21H,11H2,1H3,(H,20,25)(H,22,26). The van der Waals surface area contributed by atoms with E-state index in [4.69, 9.17) is 0 Å². The van der Waals surface area contributed by atoms with E-state index in [0.717, 1.165) is 16.1 Å². The Morgan fingerprint density at radius 1 is 1.26 bits per heavy atom. The van der Waals surface area contributed by atoms with Crippen molar-refractivity contribution < 1.29 is 9.59 Å². The Labute approximate surface area is 160 Å². The minimum Gasteiger partial charge on any atom is -0.322 e. The van der Waals surface area contributed by atoms with Gasteiger partial charge in [0.1, 0.15) is 11.5 Å². The van der Waals surface area contributed by atoms with Crippen molar-refractivity contribution >= 4 is 29.0 Å². The van der Waals surface area contributed by atoms with Gasteiger partial charge in [-0.05, 0) is 17.0 Å². The number of nitrogens with one attached hydrogen (secondary N) is 3. The van der Waals surface area contributed by atoms with Crippen molar-refractivity contribution in [3.63, 3.8) is 0 Å². The number of hydrogen-bond donors (Lipinski definition) is 3. The molecule has 0 radical (unpaired) electrons. The summed E-state index contributed by atoms with van der Waals surface area (Å²) in [5.74, 6) is 0.252. The minimum atomic E-state index is -0.563. The molecule has 0 bridgehead atoms. The molecule has 1 saturated heterocycles. The fourth-order valence-corrected chi connectivity index (χ4v) is 3.81. The van der Waals surface area contributed by atoms with E-state index >= 15 is 0 Å². The second-order valence-corrected chi connectivity index (χ2v) is 7.27. The van der Waals surface area contributed by atoms with Crippen molar-refractivity contribution in [1.29, 1.82) is 0 Å². The predicted molar refractivity (Wildman–Crippen MR) is 104 cm³/mol. The molecule has 4 rings (SSSR count). The summed E-state index contributed by atoms with van der Waals surface area (Å²) in [4.78, 5) is 24.9. The van der Waals surface area contributed by atoms with Gasteiger partial charge in [0.15, 0.2) is 6.29 Å². The van der Waals surface area contributed by atoms with Crippen molar-refractivity contribution in [3.8, 4) is 10.6 Å². The van der Waals surface area contributed by atoms with E-state index in [9.17, 15) is 9.59 Å². The van der Waals surface area contributed by atoms with E-state index < -0.39 is 6.29 Å². The average Bonchev–Trinajstić information content (AvgIpc) is 3.31. The summed E-state index contributed by atoms with van der Waals surface area (Å²) >= 11 is 1.57. The van der Waals surface area contributed by atoms with Crippen LogP contribution in [0.4, 0.5) is 5.82 Å². The summed E-state index contributed by atoms with van der Waals surface area (Å²) in [7, 11) is 0. The second-order valence-electron chi connectivity index (χ2n) is 6.32. The van der Waals surface area contributed by atoms with Crippen LogP contribution in [0.2, 0.25) is 0 Å². The summed E-state index contributed by atoms with van der Waals surface area (Å²) in [5, 5.41) is 15.7. The van der Waals surface area contributed by atoms with Crippen LogP contribution in [0.3, 0.4) is 0 Å². The molecular weight excluding hydrogens is 362 g/mol. The number of hydrogen-bond acceptors (Lipinski definition) is 5. The maximum Gasteiger partial charge on any atom is 0.224 e. The highest BCUT2D eigenvalue weighted by molar-refractivity contribution is 7.13. The molecular formula is C19H19N5O2S. The number of anilines is 1. The first kappa shape index (κ1) is 17.4. The van der Waals surface area contributed by atoms with E-state index in [0.29, 0.717) is 12.2 Å². The summed E-state index contributed by atoms with van der Waals surface area (Å²) in [6, 6.07) is 15.4. The molecule has 2 atom stereocenters. The Morgan fingerprint density at radius 2 is 2.07 bits per heavy atom. The van der Waals surface area contributed by atoms with Gasteiger partial charge in [0.05, 0.1) is 4.88 Å². The van der Waals surface area contributed by atoms with Crippen LogP contribution in [0.25, 0.3) is 10.6 Å². The molecule has 2 aromatic heterocycles. The Morgan fingerprint density at radius 3 is 2.78 bits per heavy atom. The lowest BCUT2D eigenvalue weighted by Crippen LogP contribution is -2.50. The molecule has 3 N–H and O–H groups in total. The van der Waals surface area contributed by atoms with E-state index in [1.54, 1.807) is 16.0 Å². The molecule has 27 heavy (non-hydrogen) atoms. The number of nitrogens with zero attached hydrogens (tertiary/aromatic N) is 2. The quantitative estimate of drug-likeness (QED) is 0.648. The molecule has 0 saturated carbocycles. The third-order valence-electron chi connectivity index (χ3n) is 4.31. The molecule has 0 aliphatic carbocycles. The first-order chi connectivity index (χ1) is 13.1. The third-order valence-corrected chi connectivity index (χ3v) is 5.20. The van der Waals surface area contributed by atoms with Gasteiger partial charge in [-0.1, -0.05) is 36.4 Å². The topological polar surface area (TPSA) is 88.1 Å². The van der Waals surface area contributed by atoms with Gasteiger partial charge < -0.3 is 10.6 Å². The molecule has 1 aliphatic rings. The fourth-order valence-electron chi connectivity index (χ4n) is 3.13. The SMILES string of the molecule is CC(=O)Nc1cc(-c2cccs2)nn1C1NC(=O)CC(c2ccccc2)N1. The lowest BCUT2D eigenvalue weighted by atomic mass is 10.0. The Balaban J connectivity index is 1.68. The smallest absolute Gasteiger partial charge is 0.224 e. The highest BCUT2D eigenvalue weighted by Gasteiger charge is 2.30. The summed E-state index contributed by atoms with van der Waals surface area (Å²) in [5.41, 5.74) is 1.77. The first-order valence-electron chi connectivity index (χ1n) is 8.61. The third kappa shape index (κ3) is 3.76. The number of benzene rings is 1. The molecule has 1 aromatic carbocycles. The lowest BCUT2D eigenvalue weighted by Gasteiger charge is -2.32. The van der Waals surface area contributed by atoms with Crippen molar-refractivity contribution in [2.24, 2.45) is 0 Å². The summed E-state index contributed by atoms with van der Waals surface area (Å²) in [6.07, 6.45) is -0.221. The maximum atomic E-state index is 12.3. The molecule has 3 aromatic rings. The van der Waals surface area contributed by atoms with Gasteiger partial charge in [0, 0.05) is 25.5 Å². The molecule has 7 nitrogen and oxygen atoms in total. The number of thiophene rings is 1. The molecule has 8 heteroatoms. The van der Waals surface area contributed by atoms with Crippen LogP contribution in [0.15, 0.2) is 53.9 Å². The van der Waals surface area contributed by atoms with Crippen LogP contribution in [-0.2, 0) is 9.59 Å². The van der Waals surface area contributed by atoms with E-state index in [1.807, 2.05) is 53.9 Å². The molecule has 1 fully saturated rings. The molecule has 0 spiro atoms. The zero-order valence-electron chi connectivity index (χ0n) is 14.7. The van der Waals surface area contributed by atoms with Gasteiger partial charge in [-0.15, -0.1) is 11.3 Å². The second kappa shape index (κ2) is 7.34. The van der Waals surface area contributed by atoms with E-state index in [-0.39, 0.29) is 17.9 Å². The first-order valence-corrected chi connectivity index (χ1v) is 9.49. The number of aromatic nitrogens is 2. The maximum absolute atomic E-state index is 12.3. The minimum absolute atomic E-state index is 0.0745. The van der Waals surface area contributed by atoms with E-state index in [2.05, 4.69) is 21.0 Å². The highest BCUT2D eigenvalue weighted by Crippen LogP contribution is 2.29. The molecule has 138 valence electrons. The highest BCUT2D eigenvalue weighted by atomic mass is 32.1. The van der Waals surface area contributed by atoms with Gasteiger partial charge in [0.25, 0.3) is 0 Å². The summed E-state index contributed by atoms with van der Waals surface area (Å²) in [6.45, 7) is 1.45. The monoisotopic (exact) mass is 381 g/mol. The van der Waals surface area contributed by atoms with Crippen LogP contribution in [-0.4, -0.2) is 21.6 Å². The summed E-state index contributed by atoms with van der Waals surface area (Å²) < 4.78 is 1.61. The van der Waals surface area contributed by atoms with Crippen molar-refractivity contribution in [2.45, 2.75) is 25.7 Å². The van der Waals surface area contributed by atoms with Gasteiger partial charge in [-0.25, -0.2) is 4.68 Å². The normalized spacial score (nSPS) is 19.5. The average molecular weight is 381 g/mol. The van der Waals surface area contributed by atoms with Crippen LogP contribution in [0.5, 0.6) is 0 Å². The zero-order valence-corrected chi connectivity index (χ0v) is 15.5. The molecule has 2 amide bonds. The van der Waals surface area contributed by atoms with Gasteiger partial charge in [-0.2, -0.15) is 5.10 Å². The number of amides is 2. The van der Waals surface area contributed by atoms with Crippen LogP contribution >= 0.6 is 11.3 Å². The van der Waals surface area contributed by atoms with Crippen molar-refractivity contribution in [1.82, 2.24) is 20.4 Å². The molecule has 1 aliphatic heterocycles. The Hall–Kier alpha value is -2.97. The number of carbonyl (C=O) groups is 2. The van der Waals surface area contributed by atoms with Gasteiger partial charge in [0.2, 0.25) is 11.8 Å². The van der Waals surface area contributed by atoms with Gasteiger partial charge >= 0.3 is 0 Å².